The van der Waals surface area contributed by atoms with Crippen molar-refractivity contribution in [2.45, 2.75) is 37.6 Å². The SMILES string of the molecule is Fc1ccc(N2CCCNC3(CCCC3)C2)c(I)c1. The Balaban J connectivity index is 1.86. The lowest BCUT2D eigenvalue weighted by molar-refractivity contribution is 0.354. The number of rotatable bonds is 1. The molecule has 1 aromatic carbocycles. The molecule has 1 saturated carbocycles. The first-order chi connectivity index (χ1) is 9.19. The van der Waals surface area contributed by atoms with Gasteiger partial charge in [-0.05, 0) is 66.6 Å². The molecule has 1 N–H and O–H groups in total. The van der Waals surface area contributed by atoms with Crippen molar-refractivity contribution in [1.29, 1.82) is 0 Å². The predicted octanol–water partition coefficient (Wildman–Crippen LogP) is 3.54. The van der Waals surface area contributed by atoms with Crippen molar-refractivity contribution in [2.24, 2.45) is 0 Å². The van der Waals surface area contributed by atoms with E-state index in [9.17, 15) is 4.39 Å². The van der Waals surface area contributed by atoms with Gasteiger partial charge in [-0.1, -0.05) is 12.8 Å². The Labute approximate surface area is 127 Å². The number of hydrogen-bond acceptors (Lipinski definition) is 2. The van der Waals surface area contributed by atoms with E-state index in [-0.39, 0.29) is 5.82 Å². The quantitative estimate of drug-likeness (QED) is 0.757. The summed E-state index contributed by atoms with van der Waals surface area (Å²) in [6.07, 6.45) is 6.39. The average Bonchev–Trinajstić information content (AvgIpc) is 2.71. The first kappa shape index (κ1) is 13.6. The molecule has 0 unspecified atom stereocenters. The van der Waals surface area contributed by atoms with Gasteiger partial charge in [0, 0.05) is 22.2 Å². The Morgan fingerprint density at radius 1 is 1.21 bits per heavy atom. The standard InChI is InChI=1S/C15H20FIN2/c16-12-4-5-14(13(17)10-12)19-9-3-8-18-15(11-19)6-1-2-7-15/h4-5,10,18H,1-3,6-9,11H2. The van der Waals surface area contributed by atoms with Crippen LogP contribution in [-0.2, 0) is 0 Å². The van der Waals surface area contributed by atoms with Crippen LogP contribution in [0.2, 0.25) is 0 Å². The smallest absolute Gasteiger partial charge is 0.124 e. The number of halogens is 2. The summed E-state index contributed by atoms with van der Waals surface area (Å²) < 4.78 is 14.3. The van der Waals surface area contributed by atoms with E-state index in [1.165, 1.54) is 31.4 Å². The Morgan fingerprint density at radius 2 is 2.00 bits per heavy atom. The predicted molar refractivity (Wildman–Crippen MR) is 85.1 cm³/mol. The fourth-order valence-electron chi connectivity index (χ4n) is 3.45. The minimum Gasteiger partial charge on any atom is -0.369 e. The zero-order valence-electron chi connectivity index (χ0n) is 11.1. The molecular formula is C15H20FIN2. The van der Waals surface area contributed by atoms with Gasteiger partial charge in [-0.2, -0.15) is 0 Å². The molecule has 1 spiro atoms. The summed E-state index contributed by atoms with van der Waals surface area (Å²) in [7, 11) is 0. The summed E-state index contributed by atoms with van der Waals surface area (Å²) in [4.78, 5) is 2.45. The van der Waals surface area contributed by atoms with Crippen LogP contribution in [0, 0.1) is 9.39 Å². The van der Waals surface area contributed by atoms with Crippen molar-refractivity contribution < 1.29 is 4.39 Å². The fourth-order valence-corrected chi connectivity index (χ4v) is 4.27. The van der Waals surface area contributed by atoms with Crippen LogP contribution in [-0.4, -0.2) is 25.2 Å². The first-order valence-corrected chi connectivity index (χ1v) is 8.22. The summed E-state index contributed by atoms with van der Waals surface area (Å²) in [6.45, 7) is 3.24. The third-order valence-corrected chi connectivity index (χ3v) is 5.27. The van der Waals surface area contributed by atoms with Gasteiger partial charge in [-0.15, -0.1) is 0 Å². The van der Waals surface area contributed by atoms with Crippen LogP contribution in [0.5, 0.6) is 0 Å². The molecule has 104 valence electrons. The molecule has 0 atom stereocenters. The molecule has 1 aliphatic heterocycles. The lowest BCUT2D eigenvalue weighted by Gasteiger charge is -2.35. The third-order valence-electron chi connectivity index (χ3n) is 4.41. The van der Waals surface area contributed by atoms with Crippen LogP contribution in [0.4, 0.5) is 10.1 Å². The summed E-state index contributed by atoms with van der Waals surface area (Å²) in [5.41, 5.74) is 1.49. The van der Waals surface area contributed by atoms with Crippen LogP contribution in [0.1, 0.15) is 32.1 Å². The van der Waals surface area contributed by atoms with E-state index < -0.39 is 0 Å². The molecule has 0 bridgehead atoms. The van der Waals surface area contributed by atoms with Gasteiger partial charge in [0.2, 0.25) is 0 Å². The van der Waals surface area contributed by atoms with Crippen LogP contribution in [0.25, 0.3) is 0 Å². The lowest BCUT2D eigenvalue weighted by Crippen LogP contribution is -2.49. The van der Waals surface area contributed by atoms with Crippen molar-refractivity contribution in [3.63, 3.8) is 0 Å². The number of benzene rings is 1. The lowest BCUT2D eigenvalue weighted by atomic mass is 9.97. The molecule has 2 nitrogen and oxygen atoms in total. The van der Waals surface area contributed by atoms with Crippen LogP contribution in [0.3, 0.4) is 0 Å². The molecule has 0 radical (unpaired) electrons. The maximum absolute atomic E-state index is 13.3. The van der Waals surface area contributed by atoms with Crippen LogP contribution >= 0.6 is 22.6 Å². The van der Waals surface area contributed by atoms with Crippen LogP contribution < -0.4 is 10.2 Å². The highest BCUT2D eigenvalue weighted by Gasteiger charge is 2.36. The minimum absolute atomic E-state index is 0.142. The molecular weight excluding hydrogens is 354 g/mol. The van der Waals surface area contributed by atoms with Gasteiger partial charge in [0.05, 0.1) is 5.69 Å². The van der Waals surface area contributed by atoms with Gasteiger partial charge in [0.15, 0.2) is 0 Å². The second-order valence-corrected chi connectivity index (χ2v) is 6.95. The van der Waals surface area contributed by atoms with Crippen molar-refractivity contribution in [3.8, 4) is 0 Å². The first-order valence-electron chi connectivity index (χ1n) is 7.14. The summed E-state index contributed by atoms with van der Waals surface area (Å²) in [6, 6.07) is 5.15. The van der Waals surface area contributed by atoms with Crippen molar-refractivity contribution in [1.82, 2.24) is 5.32 Å². The molecule has 1 aliphatic carbocycles. The molecule has 0 amide bonds. The highest BCUT2D eigenvalue weighted by molar-refractivity contribution is 14.1. The highest BCUT2D eigenvalue weighted by Crippen LogP contribution is 2.34. The van der Waals surface area contributed by atoms with Gasteiger partial charge in [-0.25, -0.2) is 4.39 Å². The maximum atomic E-state index is 13.3. The Kier molecular flexibility index (Phi) is 3.98. The Morgan fingerprint density at radius 3 is 2.74 bits per heavy atom. The fraction of sp³-hybridized carbons (Fsp3) is 0.600. The molecule has 3 rings (SSSR count). The molecule has 2 aliphatic rings. The highest BCUT2D eigenvalue weighted by atomic mass is 127. The molecule has 1 saturated heterocycles. The van der Waals surface area contributed by atoms with Gasteiger partial charge in [0.25, 0.3) is 0 Å². The second-order valence-electron chi connectivity index (χ2n) is 5.79. The summed E-state index contributed by atoms with van der Waals surface area (Å²) >= 11 is 2.25. The van der Waals surface area contributed by atoms with Crippen molar-refractivity contribution in [3.05, 3.63) is 27.6 Å². The van der Waals surface area contributed by atoms with Gasteiger partial charge in [0.1, 0.15) is 5.82 Å². The van der Waals surface area contributed by atoms with E-state index in [0.717, 1.165) is 29.6 Å². The number of nitrogens with one attached hydrogen (secondary N) is 1. The van der Waals surface area contributed by atoms with Crippen LogP contribution in [0.15, 0.2) is 18.2 Å². The molecule has 1 aromatic rings. The van der Waals surface area contributed by atoms with E-state index >= 15 is 0 Å². The Bertz CT molecular complexity index is 457. The normalized spacial score (nSPS) is 22.7. The van der Waals surface area contributed by atoms with E-state index in [0.29, 0.717) is 5.54 Å². The van der Waals surface area contributed by atoms with E-state index in [1.807, 2.05) is 6.07 Å². The molecule has 1 heterocycles. The van der Waals surface area contributed by atoms with Gasteiger partial charge < -0.3 is 10.2 Å². The maximum Gasteiger partial charge on any atom is 0.124 e. The van der Waals surface area contributed by atoms with E-state index in [1.54, 1.807) is 12.1 Å². The van der Waals surface area contributed by atoms with E-state index in [2.05, 4.69) is 32.8 Å². The van der Waals surface area contributed by atoms with E-state index in [4.69, 9.17) is 0 Å². The van der Waals surface area contributed by atoms with Gasteiger partial charge in [-0.3, -0.25) is 0 Å². The number of nitrogens with zero attached hydrogens (tertiary/aromatic N) is 1. The van der Waals surface area contributed by atoms with Gasteiger partial charge >= 0.3 is 0 Å². The molecule has 4 heteroatoms. The zero-order valence-corrected chi connectivity index (χ0v) is 13.2. The van der Waals surface area contributed by atoms with Crippen molar-refractivity contribution in [2.75, 3.05) is 24.5 Å². The third kappa shape index (κ3) is 2.89. The molecule has 2 fully saturated rings. The van der Waals surface area contributed by atoms with Crippen molar-refractivity contribution >= 4 is 28.3 Å². The number of anilines is 1. The Hall–Kier alpha value is -0.360. The number of hydrogen-bond donors (Lipinski definition) is 1. The summed E-state index contributed by atoms with van der Waals surface area (Å²) in [5, 5.41) is 3.77. The largest absolute Gasteiger partial charge is 0.369 e. The summed E-state index contributed by atoms with van der Waals surface area (Å²) in [5.74, 6) is -0.142. The second kappa shape index (κ2) is 5.56. The minimum atomic E-state index is -0.142. The monoisotopic (exact) mass is 374 g/mol. The zero-order chi connectivity index (χ0) is 13.3. The molecule has 0 aromatic heterocycles. The topological polar surface area (TPSA) is 15.3 Å². The molecule has 19 heavy (non-hydrogen) atoms. The average molecular weight is 374 g/mol.